The molecule has 0 radical (unpaired) electrons. The minimum absolute atomic E-state index is 0.0125. The number of hydrogen-bond acceptors (Lipinski definition) is 7. The van der Waals surface area contributed by atoms with Crippen LogP contribution in [-0.2, 0) is 9.47 Å². The van der Waals surface area contributed by atoms with Crippen LogP contribution in [0, 0.1) is 5.92 Å². The summed E-state index contributed by atoms with van der Waals surface area (Å²) < 4.78 is 18.0. The van der Waals surface area contributed by atoms with Gasteiger partial charge in [-0.3, -0.25) is 0 Å². The third-order valence-electron chi connectivity index (χ3n) is 6.54. The van der Waals surface area contributed by atoms with E-state index in [0.29, 0.717) is 31.1 Å². The van der Waals surface area contributed by atoms with Crippen molar-refractivity contribution in [3.8, 4) is 5.88 Å². The zero-order valence-electron chi connectivity index (χ0n) is 17.7. The first-order chi connectivity index (χ1) is 14.7. The third kappa shape index (κ3) is 4.53. The number of anilines is 1. The average Bonchev–Trinajstić information content (AvgIpc) is 3.28. The Balaban J connectivity index is 1.38. The van der Waals surface area contributed by atoms with Crippen molar-refractivity contribution in [2.45, 2.75) is 63.4 Å². The summed E-state index contributed by atoms with van der Waals surface area (Å²) in [6, 6.07) is 0.440. The maximum Gasteiger partial charge on any atom is 0.226 e. The van der Waals surface area contributed by atoms with E-state index in [1.165, 1.54) is 25.7 Å². The number of hydrogen-bond donors (Lipinski definition) is 2. The maximum atomic E-state index is 6.34. The van der Waals surface area contributed by atoms with Gasteiger partial charge in [0.2, 0.25) is 11.8 Å². The molecule has 30 heavy (non-hydrogen) atoms. The molecule has 2 aliphatic heterocycles. The number of nitrogens with one attached hydrogen (secondary N) is 2. The topological polar surface area (TPSA) is 77.5 Å². The van der Waals surface area contributed by atoms with Crippen LogP contribution in [0.3, 0.4) is 0 Å². The van der Waals surface area contributed by atoms with Crippen LogP contribution in [0.25, 0.3) is 5.57 Å². The second-order valence-corrected chi connectivity index (χ2v) is 8.90. The molecule has 5 rings (SSSR count). The minimum atomic E-state index is -0.0678. The van der Waals surface area contributed by atoms with Crippen LogP contribution in [0.1, 0.15) is 44.6 Å². The standard InChI is InChI=1S/C23H32N4O3/c1-15-2-5-17(6-3-15)26-23-25-14-19(22(27-23)30-18-8-9-24-13-18)16-4-7-20-21(12-16)29-11-10-28-20/h4,7,12,14-15,17-18,20-21,24H,2-3,5-6,8-11,13H2,1H3,(H,25,26,27). The average molecular weight is 413 g/mol. The van der Waals surface area contributed by atoms with Crippen molar-refractivity contribution in [3.05, 3.63) is 30.0 Å². The second kappa shape index (κ2) is 9.04. The molecule has 3 fully saturated rings. The highest BCUT2D eigenvalue weighted by Gasteiger charge is 2.28. The zero-order chi connectivity index (χ0) is 20.3. The first kappa shape index (κ1) is 20.0. The monoisotopic (exact) mass is 412 g/mol. The molecule has 0 aromatic carbocycles. The van der Waals surface area contributed by atoms with Crippen molar-refractivity contribution in [3.63, 3.8) is 0 Å². The van der Waals surface area contributed by atoms with Crippen LogP contribution in [0.2, 0.25) is 0 Å². The van der Waals surface area contributed by atoms with Gasteiger partial charge in [0.05, 0.1) is 18.8 Å². The fourth-order valence-electron chi connectivity index (χ4n) is 4.67. The van der Waals surface area contributed by atoms with E-state index in [9.17, 15) is 0 Å². The lowest BCUT2D eigenvalue weighted by Crippen LogP contribution is -2.37. The van der Waals surface area contributed by atoms with Crippen molar-refractivity contribution < 1.29 is 14.2 Å². The largest absolute Gasteiger partial charge is 0.472 e. The van der Waals surface area contributed by atoms with E-state index in [2.05, 4.69) is 40.8 Å². The molecule has 1 saturated carbocycles. The van der Waals surface area contributed by atoms with Gasteiger partial charge in [-0.2, -0.15) is 4.98 Å². The molecule has 0 amide bonds. The van der Waals surface area contributed by atoms with E-state index in [1.807, 2.05) is 6.20 Å². The Labute approximate surface area is 178 Å². The van der Waals surface area contributed by atoms with Crippen LogP contribution < -0.4 is 15.4 Å². The normalized spacial score (nSPS) is 33.6. The Morgan fingerprint density at radius 3 is 2.73 bits per heavy atom. The van der Waals surface area contributed by atoms with Gasteiger partial charge in [0.15, 0.2) is 0 Å². The number of aromatic nitrogens is 2. The van der Waals surface area contributed by atoms with Gasteiger partial charge >= 0.3 is 0 Å². The predicted molar refractivity (Wildman–Crippen MR) is 116 cm³/mol. The van der Waals surface area contributed by atoms with E-state index >= 15 is 0 Å². The Bertz CT molecular complexity index is 798. The molecule has 162 valence electrons. The summed E-state index contributed by atoms with van der Waals surface area (Å²) in [6.07, 6.45) is 14.0. The lowest BCUT2D eigenvalue weighted by atomic mass is 9.87. The van der Waals surface area contributed by atoms with Crippen molar-refractivity contribution >= 4 is 11.5 Å². The molecule has 2 aliphatic carbocycles. The van der Waals surface area contributed by atoms with Gasteiger partial charge in [0.25, 0.3) is 0 Å². The second-order valence-electron chi connectivity index (χ2n) is 8.90. The van der Waals surface area contributed by atoms with Gasteiger partial charge in [-0.1, -0.05) is 19.1 Å². The van der Waals surface area contributed by atoms with Gasteiger partial charge in [-0.15, -0.1) is 0 Å². The van der Waals surface area contributed by atoms with E-state index in [0.717, 1.165) is 36.6 Å². The summed E-state index contributed by atoms with van der Waals surface area (Å²) in [5.41, 5.74) is 1.94. The van der Waals surface area contributed by atoms with Gasteiger partial charge in [0, 0.05) is 18.8 Å². The molecule has 1 aromatic heterocycles. The van der Waals surface area contributed by atoms with Gasteiger partial charge in [-0.25, -0.2) is 4.98 Å². The summed E-state index contributed by atoms with van der Waals surface area (Å²) in [7, 11) is 0. The molecule has 0 spiro atoms. The van der Waals surface area contributed by atoms with Crippen molar-refractivity contribution in [2.24, 2.45) is 5.92 Å². The smallest absolute Gasteiger partial charge is 0.226 e. The van der Waals surface area contributed by atoms with Crippen LogP contribution in [-0.4, -0.2) is 60.6 Å². The quantitative estimate of drug-likeness (QED) is 0.770. The summed E-state index contributed by atoms with van der Waals surface area (Å²) in [5, 5.41) is 6.91. The van der Waals surface area contributed by atoms with E-state index in [-0.39, 0.29) is 18.3 Å². The zero-order valence-corrected chi connectivity index (χ0v) is 17.7. The third-order valence-corrected chi connectivity index (χ3v) is 6.54. The van der Waals surface area contributed by atoms with Gasteiger partial charge in [-0.05, 0) is 56.2 Å². The Kier molecular flexibility index (Phi) is 6.02. The van der Waals surface area contributed by atoms with E-state index < -0.39 is 0 Å². The number of allylic oxidation sites excluding steroid dienone is 2. The van der Waals surface area contributed by atoms with E-state index in [1.54, 1.807) is 0 Å². The molecule has 3 unspecified atom stereocenters. The molecule has 2 saturated heterocycles. The number of fused-ring (bicyclic) bond motifs is 1. The molecule has 0 bridgehead atoms. The number of ether oxygens (including phenoxy) is 3. The molecule has 7 heteroatoms. The van der Waals surface area contributed by atoms with Crippen LogP contribution >= 0.6 is 0 Å². The fourth-order valence-corrected chi connectivity index (χ4v) is 4.67. The first-order valence-corrected chi connectivity index (χ1v) is 11.4. The van der Waals surface area contributed by atoms with Crippen LogP contribution in [0.5, 0.6) is 5.88 Å². The highest BCUT2D eigenvalue weighted by molar-refractivity contribution is 5.78. The summed E-state index contributed by atoms with van der Waals surface area (Å²) >= 11 is 0. The summed E-state index contributed by atoms with van der Waals surface area (Å²) in [4.78, 5) is 9.45. The van der Waals surface area contributed by atoms with Crippen molar-refractivity contribution in [1.29, 1.82) is 0 Å². The molecule has 2 N–H and O–H groups in total. The van der Waals surface area contributed by atoms with E-state index in [4.69, 9.17) is 19.2 Å². The molecule has 7 nitrogen and oxygen atoms in total. The first-order valence-electron chi connectivity index (χ1n) is 11.4. The highest BCUT2D eigenvalue weighted by Crippen LogP contribution is 2.33. The summed E-state index contributed by atoms with van der Waals surface area (Å²) in [5.74, 6) is 2.13. The van der Waals surface area contributed by atoms with Gasteiger partial charge < -0.3 is 24.8 Å². The molecule has 1 aromatic rings. The minimum Gasteiger partial charge on any atom is -0.472 e. The maximum absolute atomic E-state index is 6.34. The Morgan fingerprint density at radius 2 is 1.93 bits per heavy atom. The van der Waals surface area contributed by atoms with Crippen LogP contribution in [0.4, 0.5) is 5.95 Å². The molecular weight excluding hydrogens is 380 g/mol. The Hall–Kier alpha value is -1.96. The molecular formula is C23H32N4O3. The van der Waals surface area contributed by atoms with Crippen molar-refractivity contribution in [1.82, 2.24) is 15.3 Å². The molecule has 3 heterocycles. The van der Waals surface area contributed by atoms with Crippen LogP contribution in [0.15, 0.2) is 24.4 Å². The highest BCUT2D eigenvalue weighted by atomic mass is 16.6. The van der Waals surface area contributed by atoms with Crippen molar-refractivity contribution in [2.75, 3.05) is 31.6 Å². The number of nitrogens with zero attached hydrogens (tertiary/aromatic N) is 2. The predicted octanol–water partition coefficient (Wildman–Crippen LogP) is 2.95. The SMILES string of the molecule is CC1CCC(Nc2ncc(C3=CC4OCCOC4C=C3)c(OC3CCNC3)n2)CC1. The lowest BCUT2D eigenvalue weighted by Gasteiger charge is -2.31. The fraction of sp³-hybridized carbons (Fsp3) is 0.652. The summed E-state index contributed by atoms with van der Waals surface area (Å²) in [6.45, 7) is 5.42. The lowest BCUT2D eigenvalue weighted by molar-refractivity contribution is -0.101. The van der Waals surface area contributed by atoms with Gasteiger partial charge in [0.1, 0.15) is 18.3 Å². The molecule has 3 atom stereocenters. The molecule has 4 aliphatic rings. The number of rotatable bonds is 5. The Morgan fingerprint density at radius 1 is 1.10 bits per heavy atom.